The summed E-state index contributed by atoms with van der Waals surface area (Å²) >= 11 is 0. The molecule has 5 N–H and O–H groups in total. The molecule has 1 aromatic rings. The van der Waals surface area contributed by atoms with Crippen molar-refractivity contribution in [1.29, 1.82) is 0 Å². The minimum atomic E-state index is -0.237. The van der Waals surface area contributed by atoms with E-state index in [2.05, 4.69) is 16.0 Å². The normalized spacial score (nSPS) is 9.60. The Bertz CT molecular complexity index is 435. The molecule has 20 heavy (non-hydrogen) atoms. The molecule has 1 aromatic carbocycles. The lowest BCUT2D eigenvalue weighted by Gasteiger charge is -2.10. The molecule has 0 unspecified atom stereocenters. The topological polar surface area (TPSA) is 96.2 Å². The van der Waals surface area contributed by atoms with Crippen LogP contribution in [0.2, 0.25) is 0 Å². The summed E-state index contributed by atoms with van der Waals surface area (Å²) in [5.41, 5.74) is 6.83. The summed E-state index contributed by atoms with van der Waals surface area (Å²) in [6.45, 7) is 4.19. The molecule has 0 fully saturated rings. The monoisotopic (exact) mass is 300 g/mol. The van der Waals surface area contributed by atoms with Gasteiger partial charge in [0.2, 0.25) is 5.91 Å². The summed E-state index contributed by atoms with van der Waals surface area (Å²) in [5.74, 6) is -0.196. The predicted molar refractivity (Wildman–Crippen MR) is 81.9 cm³/mol. The number of hydrogen-bond acceptors (Lipinski definition) is 3. The molecule has 0 aliphatic rings. The second kappa shape index (κ2) is 9.17. The number of anilines is 1. The number of hydrogen-bond donors (Lipinski definition) is 4. The number of nitrogens with two attached hydrogens (primary N) is 1. The summed E-state index contributed by atoms with van der Waals surface area (Å²) in [6, 6.07) is 7.09. The van der Waals surface area contributed by atoms with Crippen LogP contribution in [0.25, 0.3) is 0 Å². The van der Waals surface area contributed by atoms with E-state index in [1.165, 1.54) is 0 Å². The zero-order chi connectivity index (χ0) is 14.3. The lowest BCUT2D eigenvalue weighted by molar-refractivity contribution is -0.119. The lowest BCUT2D eigenvalue weighted by Crippen LogP contribution is -2.34. The average Bonchev–Trinajstić information content (AvgIpc) is 2.36. The van der Waals surface area contributed by atoms with Gasteiger partial charge in [0, 0.05) is 18.3 Å². The first-order valence-corrected chi connectivity index (χ1v) is 6.14. The molecule has 3 amide bonds. The maximum atomic E-state index is 11.5. The van der Waals surface area contributed by atoms with E-state index < -0.39 is 0 Å². The third-order valence-electron chi connectivity index (χ3n) is 2.31. The van der Waals surface area contributed by atoms with Gasteiger partial charge in [0.05, 0.1) is 6.54 Å². The summed E-state index contributed by atoms with van der Waals surface area (Å²) in [5, 5.41) is 8.12. The van der Waals surface area contributed by atoms with E-state index in [4.69, 9.17) is 5.73 Å². The summed E-state index contributed by atoms with van der Waals surface area (Å²) < 4.78 is 0. The Labute approximate surface area is 124 Å². The molecule has 1 rings (SSSR count). The molecular weight excluding hydrogens is 280 g/mol. The molecule has 0 heterocycles. The molecule has 0 spiro atoms. The van der Waals surface area contributed by atoms with Crippen molar-refractivity contribution in [1.82, 2.24) is 10.6 Å². The van der Waals surface area contributed by atoms with Gasteiger partial charge >= 0.3 is 6.03 Å². The first-order valence-electron chi connectivity index (χ1n) is 6.14. The van der Waals surface area contributed by atoms with Crippen LogP contribution >= 0.6 is 12.4 Å². The van der Waals surface area contributed by atoms with E-state index in [0.717, 1.165) is 5.56 Å². The highest BCUT2D eigenvalue weighted by Crippen LogP contribution is 2.09. The van der Waals surface area contributed by atoms with Crippen LogP contribution in [0, 0.1) is 0 Å². The van der Waals surface area contributed by atoms with Crippen molar-refractivity contribution < 1.29 is 9.59 Å². The predicted octanol–water partition coefficient (Wildman–Crippen LogP) is 1.21. The lowest BCUT2D eigenvalue weighted by atomic mass is 10.2. The molecule has 0 aliphatic carbocycles. The first kappa shape index (κ1) is 18.2. The molecule has 0 radical (unpaired) electrons. The average molecular weight is 301 g/mol. The molecule has 0 aliphatic heterocycles. The third kappa shape index (κ3) is 6.96. The van der Waals surface area contributed by atoms with Crippen LogP contribution in [0.5, 0.6) is 0 Å². The van der Waals surface area contributed by atoms with E-state index in [-0.39, 0.29) is 36.9 Å². The Morgan fingerprint density at radius 3 is 2.30 bits per heavy atom. The number of benzene rings is 1. The Balaban J connectivity index is 0.00000361. The van der Waals surface area contributed by atoms with Gasteiger partial charge < -0.3 is 21.7 Å². The molecular formula is C13H21ClN4O2. The fourth-order valence-electron chi connectivity index (χ4n) is 1.41. The van der Waals surface area contributed by atoms with Gasteiger partial charge in [-0.15, -0.1) is 12.4 Å². The Morgan fingerprint density at radius 2 is 1.80 bits per heavy atom. The SMILES string of the molecule is CC(C)NC(=O)Nc1ccc(CNC(=O)CN)cc1.Cl. The number of rotatable bonds is 5. The van der Waals surface area contributed by atoms with Crippen molar-refractivity contribution in [2.75, 3.05) is 11.9 Å². The van der Waals surface area contributed by atoms with E-state index in [1.54, 1.807) is 12.1 Å². The largest absolute Gasteiger partial charge is 0.351 e. The fourth-order valence-corrected chi connectivity index (χ4v) is 1.41. The minimum absolute atomic E-state index is 0. The Kier molecular flexibility index (Phi) is 8.35. The van der Waals surface area contributed by atoms with Gasteiger partial charge in [0.15, 0.2) is 0 Å². The van der Waals surface area contributed by atoms with Crippen molar-refractivity contribution in [3.63, 3.8) is 0 Å². The highest BCUT2D eigenvalue weighted by molar-refractivity contribution is 5.89. The summed E-state index contributed by atoms with van der Waals surface area (Å²) in [4.78, 5) is 22.5. The van der Waals surface area contributed by atoms with Gasteiger partial charge in [-0.3, -0.25) is 4.79 Å². The van der Waals surface area contributed by atoms with Crippen molar-refractivity contribution in [2.24, 2.45) is 5.73 Å². The molecule has 0 aromatic heterocycles. The molecule has 0 saturated heterocycles. The number of urea groups is 1. The Morgan fingerprint density at radius 1 is 1.20 bits per heavy atom. The minimum Gasteiger partial charge on any atom is -0.351 e. The van der Waals surface area contributed by atoms with Gasteiger partial charge in [-0.25, -0.2) is 4.79 Å². The van der Waals surface area contributed by atoms with Crippen molar-refractivity contribution >= 4 is 30.0 Å². The van der Waals surface area contributed by atoms with E-state index >= 15 is 0 Å². The van der Waals surface area contributed by atoms with Crippen LogP contribution in [0.4, 0.5) is 10.5 Å². The number of carbonyl (C=O) groups excluding carboxylic acids is 2. The second-order valence-electron chi connectivity index (χ2n) is 4.43. The number of carbonyl (C=O) groups is 2. The number of halogens is 1. The maximum absolute atomic E-state index is 11.5. The van der Waals surface area contributed by atoms with E-state index in [9.17, 15) is 9.59 Å². The van der Waals surface area contributed by atoms with Gasteiger partial charge in [-0.1, -0.05) is 12.1 Å². The number of nitrogens with one attached hydrogen (secondary N) is 3. The highest BCUT2D eigenvalue weighted by Gasteiger charge is 2.03. The smallest absolute Gasteiger partial charge is 0.319 e. The molecule has 6 nitrogen and oxygen atoms in total. The van der Waals surface area contributed by atoms with Gasteiger partial charge in [0.25, 0.3) is 0 Å². The van der Waals surface area contributed by atoms with E-state index in [1.807, 2.05) is 26.0 Å². The van der Waals surface area contributed by atoms with E-state index in [0.29, 0.717) is 12.2 Å². The molecule has 112 valence electrons. The maximum Gasteiger partial charge on any atom is 0.319 e. The second-order valence-corrected chi connectivity index (χ2v) is 4.43. The van der Waals surface area contributed by atoms with Gasteiger partial charge in [-0.2, -0.15) is 0 Å². The van der Waals surface area contributed by atoms with Gasteiger partial charge in [-0.05, 0) is 31.5 Å². The van der Waals surface area contributed by atoms with Crippen LogP contribution < -0.4 is 21.7 Å². The molecule has 0 atom stereocenters. The quantitative estimate of drug-likeness (QED) is 0.658. The van der Waals surface area contributed by atoms with Crippen molar-refractivity contribution in [3.05, 3.63) is 29.8 Å². The van der Waals surface area contributed by atoms with Crippen LogP contribution in [0.15, 0.2) is 24.3 Å². The summed E-state index contributed by atoms with van der Waals surface area (Å²) in [6.07, 6.45) is 0. The molecule has 0 saturated carbocycles. The van der Waals surface area contributed by atoms with Crippen LogP contribution in [0.1, 0.15) is 19.4 Å². The molecule has 0 bridgehead atoms. The first-order chi connectivity index (χ1) is 9.01. The van der Waals surface area contributed by atoms with Crippen molar-refractivity contribution in [3.8, 4) is 0 Å². The zero-order valence-corrected chi connectivity index (χ0v) is 12.4. The standard InChI is InChI=1S/C13H20N4O2.ClH/c1-9(2)16-13(19)17-11-5-3-10(4-6-11)8-15-12(18)7-14;/h3-6,9H,7-8,14H2,1-2H3,(H,15,18)(H2,16,17,19);1H. The van der Waals surface area contributed by atoms with Gasteiger partial charge in [0.1, 0.15) is 0 Å². The fraction of sp³-hybridized carbons (Fsp3) is 0.385. The highest BCUT2D eigenvalue weighted by atomic mass is 35.5. The molecule has 7 heteroatoms. The van der Waals surface area contributed by atoms with Crippen LogP contribution in [0.3, 0.4) is 0 Å². The number of amides is 3. The summed E-state index contributed by atoms with van der Waals surface area (Å²) in [7, 11) is 0. The Hall–Kier alpha value is -1.79. The van der Waals surface area contributed by atoms with Crippen LogP contribution in [-0.4, -0.2) is 24.5 Å². The zero-order valence-electron chi connectivity index (χ0n) is 11.6. The van der Waals surface area contributed by atoms with Crippen molar-refractivity contribution in [2.45, 2.75) is 26.4 Å². The van der Waals surface area contributed by atoms with Crippen LogP contribution in [-0.2, 0) is 11.3 Å². The third-order valence-corrected chi connectivity index (χ3v) is 2.31.